The molecule has 2 amide bonds. The molecule has 2 N–H and O–H groups in total. The third kappa shape index (κ3) is 4.67. The van der Waals surface area contributed by atoms with Crippen molar-refractivity contribution in [3.63, 3.8) is 0 Å². The Morgan fingerprint density at radius 3 is 2.39 bits per heavy atom. The van der Waals surface area contributed by atoms with E-state index in [0.29, 0.717) is 23.4 Å². The minimum Gasteiger partial charge on any atom is -0.503 e. The molecule has 166 valence electrons. The van der Waals surface area contributed by atoms with Crippen molar-refractivity contribution in [2.45, 2.75) is 25.8 Å². The molecule has 1 atom stereocenters. The van der Waals surface area contributed by atoms with Crippen molar-refractivity contribution in [2.75, 3.05) is 10.2 Å². The van der Waals surface area contributed by atoms with Gasteiger partial charge in [0.2, 0.25) is 5.91 Å². The highest BCUT2D eigenvalue weighted by Crippen LogP contribution is 2.41. The van der Waals surface area contributed by atoms with Gasteiger partial charge >= 0.3 is 0 Å². The first-order chi connectivity index (χ1) is 16.0. The number of aliphatic hydroxyl groups is 1. The molecule has 1 aliphatic rings. The van der Waals surface area contributed by atoms with Crippen LogP contribution in [0.5, 0.6) is 0 Å². The Morgan fingerprint density at radius 2 is 1.76 bits per heavy atom. The van der Waals surface area contributed by atoms with Crippen LogP contribution in [0.4, 0.5) is 11.4 Å². The number of hydrogen-bond acceptors (Lipinski definition) is 5. The number of nitrogens with one attached hydrogen (secondary N) is 1. The van der Waals surface area contributed by atoms with Crippen molar-refractivity contribution in [3.8, 4) is 0 Å². The molecule has 4 rings (SSSR count). The summed E-state index contributed by atoms with van der Waals surface area (Å²) >= 11 is 0. The smallest absolute Gasteiger partial charge is 0.294 e. The Bertz CT molecular complexity index is 1210. The zero-order valence-corrected chi connectivity index (χ0v) is 18.1. The molecule has 2 aromatic carbocycles. The van der Waals surface area contributed by atoms with Gasteiger partial charge in [-0.15, -0.1) is 0 Å². The summed E-state index contributed by atoms with van der Waals surface area (Å²) in [5.74, 6) is -1.71. The molecular formula is C26H23N3O4. The fourth-order valence-corrected chi connectivity index (χ4v) is 3.96. The lowest BCUT2D eigenvalue weighted by atomic mass is 9.94. The van der Waals surface area contributed by atoms with Crippen molar-refractivity contribution in [1.29, 1.82) is 0 Å². The first-order valence-electron chi connectivity index (χ1n) is 10.6. The summed E-state index contributed by atoms with van der Waals surface area (Å²) in [5.41, 5.74) is 2.74. The van der Waals surface area contributed by atoms with E-state index in [9.17, 15) is 19.5 Å². The molecule has 1 unspecified atom stereocenters. The molecule has 1 aromatic heterocycles. The van der Waals surface area contributed by atoms with Gasteiger partial charge in [-0.2, -0.15) is 0 Å². The number of aliphatic hydroxyl groups excluding tert-OH is 1. The number of amides is 2. The monoisotopic (exact) mass is 441 g/mol. The lowest BCUT2D eigenvalue weighted by molar-refractivity contribution is -0.118. The van der Waals surface area contributed by atoms with Crippen LogP contribution in [0.3, 0.4) is 0 Å². The summed E-state index contributed by atoms with van der Waals surface area (Å²) in [6.45, 7) is 1.41. The second kappa shape index (κ2) is 9.48. The van der Waals surface area contributed by atoms with Gasteiger partial charge in [0.25, 0.3) is 5.91 Å². The first-order valence-corrected chi connectivity index (χ1v) is 10.6. The van der Waals surface area contributed by atoms with E-state index in [-0.39, 0.29) is 23.7 Å². The predicted molar refractivity (Wildman–Crippen MR) is 125 cm³/mol. The van der Waals surface area contributed by atoms with E-state index < -0.39 is 17.7 Å². The number of benzene rings is 2. The number of aryl methyl sites for hydroxylation is 1. The van der Waals surface area contributed by atoms with Crippen LogP contribution >= 0.6 is 0 Å². The van der Waals surface area contributed by atoms with Crippen molar-refractivity contribution >= 4 is 29.0 Å². The van der Waals surface area contributed by atoms with Crippen LogP contribution in [0, 0.1) is 0 Å². The van der Waals surface area contributed by atoms with Crippen molar-refractivity contribution in [1.82, 2.24) is 4.98 Å². The average molecular weight is 441 g/mol. The Hall–Kier alpha value is -4.26. The van der Waals surface area contributed by atoms with Crippen LogP contribution in [0.1, 0.15) is 30.5 Å². The Morgan fingerprint density at radius 1 is 1.03 bits per heavy atom. The lowest BCUT2D eigenvalue weighted by Crippen LogP contribution is -2.31. The quantitative estimate of drug-likeness (QED) is 0.574. The maximum absolute atomic E-state index is 13.2. The normalized spacial score (nSPS) is 15.6. The highest BCUT2D eigenvalue weighted by Gasteiger charge is 2.44. The van der Waals surface area contributed by atoms with E-state index in [2.05, 4.69) is 10.3 Å². The number of anilines is 2. The Labute approximate surface area is 191 Å². The van der Waals surface area contributed by atoms with Gasteiger partial charge in [-0.3, -0.25) is 24.3 Å². The highest BCUT2D eigenvalue weighted by molar-refractivity contribution is 6.16. The van der Waals surface area contributed by atoms with Crippen LogP contribution in [0.15, 0.2) is 90.5 Å². The molecule has 0 fully saturated rings. The number of pyridine rings is 1. The van der Waals surface area contributed by atoms with Gasteiger partial charge in [0, 0.05) is 37.1 Å². The van der Waals surface area contributed by atoms with E-state index in [1.807, 2.05) is 30.3 Å². The van der Waals surface area contributed by atoms with Crippen LogP contribution in [-0.2, 0) is 20.8 Å². The molecule has 0 spiro atoms. The van der Waals surface area contributed by atoms with Gasteiger partial charge in [0.1, 0.15) is 0 Å². The van der Waals surface area contributed by atoms with E-state index >= 15 is 0 Å². The van der Waals surface area contributed by atoms with Gasteiger partial charge in [-0.05, 0) is 47.9 Å². The maximum Gasteiger partial charge on any atom is 0.294 e. The largest absolute Gasteiger partial charge is 0.503 e. The lowest BCUT2D eigenvalue weighted by Gasteiger charge is -2.27. The molecular weight excluding hydrogens is 418 g/mol. The summed E-state index contributed by atoms with van der Waals surface area (Å²) in [5, 5.41) is 13.4. The third-order valence-electron chi connectivity index (χ3n) is 5.46. The molecule has 7 nitrogen and oxygen atoms in total. The minimum atomic E-state index is -0.805. The molecule has 0 bridgehead atoms. The van der Waals surface area contributed by atoms with Gasteiger partial charge in [-0.1, -0.05) is 36.4 Å². The summed E-state index contributed by atoms with van der Waals surface area (Å²) in [7, 11) is 0. The van der Waals surface area contributed by atoms with E-state index in [0.717, 1.165) is 5.56 Å². The van der Waals surface area contributed by atoms with E-state index in [4.69, 9.17) is 0 Å². The molecule has 7 heteroatoms. The molecule has 0 saturated heterocycles. The predicted octanol–water partition coefficient (Wildman–Crippen LogP) is 4.14. The molecule has 0 aliphatic carbocycles. The van der Waals surface area contributed by atoms with Gasteiger partial charge in [0.15, 0.2) is 11.5 Å². The molecule has 1 aliphatic heterocycles. The number of carbonyl (C=O) groups excluding carboxylic acids is 3. The standard InChI is InChI=1S/C26H23N3O4/c1-17(30)28-20-10-12-21(13-11-20)29-24(19-8-5-15-27-16-19)23(25(32)26(29)33)22(31)14-9-18-6-3-2-4-7-18/h2-8,10-13,15-16,24,32H,9,14H2,1H3,(H,28,30). The zero-order chi connectivity index (χ0) is 23.4. The first kappa shape index (κ1) is 22.0. The second-order valence-electron chi connectivity index (χ2n) is 7.76. The van der Waals surface area contributed by atoms with E-state index in [1.165, 1.54) is 11.8 Å². The summed E-state index contributed by atoms with van der Waals surface area (Å²) in [6, 6.07) is 18.9. The maximum atomic E-state index is 13.2. The zero-order valence-electron chi connectivity index (χ0n) is 18.1. The van der Waals surface area contributed by atoms with Crippen molar-refractivity contribution in [2.24, 2.45) is 0 Å². The minimum absolute atomic E-state index is 0.0647. The fraction of sp³-hybridized carbons (Fsp3) is 0.154. The molecule has 0 radical (unpaired) electrons. The second-order valence-corrected chi connectivity index (χ2v) is 7.76. The number of hydrogen-bond donors (Lipinski definition) is 2. The Balaban J connectivity index is 1.67. The van der Waals surface area contributed by atoms with E-state index in [1.54, 1.807) is 48.8 Å². The van der Waals surface area contributed by atoms with Gasteiger partial charge in [-0.25, -0.2) is 0 Å². The molecule has 0 saturated carbocycles. The van der Waals surface area contributed by atoms with Crippen LogP contribution < -0.4 is 10.2 Å². The number of nitrogens with zero attached hydrogens (tertiary/aromatic N) is 2. The summed E-state index contributed by atoms with van der Waals surface area (Å²) < 4.78 is 0. The van der Waals surface area contributed by atoms with Gasteiger partial charge < -0.3 is 10.4 Å². The highest BCUT2D eigenvalue weighted by atomic mass is 16.3. The number of Topliss-reactive ketones (excluding diaryl/α,β-unsaturated/α-hetero) is 1. The fourth-order valence-electron chi connectivity index (χ4n) is 3.96. The Kier molecular flexibility index (Phi) is 6.31. The van der Waals surface area contributed by atoms with Crippen molar-refractivity contribution in [3.05, 3.63) is 102 Å². The topological polar surface area (TPSA) is 99.6 Å². The summed E-state index contributed by atoms with van der Waals surface area (Å²) in [4.78, 5) is 43.2. The molecule has 2 heterocycles. The molecule has 33 heavy (non-hydrogen) atoms. The summed E-state index contributed by atoms with van der Waals surface area (Å²) in [6.07, 6.45) is 3.84. The van der Waals surface area contributed by atoms with Crippen LogP contribution in [0.25, 0.3) is 0 Å². The number of rotatable bonds is 7. The SMILES string of the molecule is CC(=O)Nc1ccc(N2C(=O)C(O)=C(C(=O)CCc3ccccc3)C2c2cccnc2)cc1. The van der Waals surface area contributed by atoms with Crippen molar-refractivity contribution < 1.29 is 19.5 Å². The number of aromatic nitrogens is 1. The third-order valence-corrected chi connectivity index (χ3v) is 5.46. The number of carbonyl (C=O) groups is 3. The van der Waals surface area contributed by atoms with Crippen LogP contribution in [-0.4, -0.2) is 27.7 Å². The average Bonchev–Trinajstić information content (AvgIpc) is 3.09. The van der Waals surface area contributed by atoms with Gasteiger partial charge in [0.05, 0.1) is 11.6 Å². The molecule has 3 aromatic rings. The number of ketones is 1. The van der Waals surface area contributed by atoms with Crippen LogP contribution in [0.2, 0.25) is 0 Å².